The van der Waals surface area contributed by atoms with Crippen molar-refractivity contribution in [3.8, 4) is 28.1 Å². The van der Waals surface area contributed by atoms with Crippen molar-refractivity contribution in [2.24, 2.45) is 0 Å². The third kappa shape index (κ3) is 9.18. The summed E-state index contributed by atoms with van der Waals surface area (Å²) in [5.74, 6) is 0.841. The second-order valence-corrected chi connectivity index (χ2v) is 8.90. The number of hydrogen-bond donors (Lipinski definition) is 0. The average molecular weight is 470 g/mol. The molecule has 2 aromatic carbocycles. The molecule has 0 radical (unpaired) electrons. The van der Waals surface area contributed by atoms with E-state index in [2.05, 4.69) is 86.1 Å². The minimum absolute atomic E-state index is 0.356. The predicted molar refractivity (Wildman–Crippen MR) is 149 cm³/mol. The van der Waals surface area contributed by atoms with Crippen LogP contribution in [0.3, 0.4) is 0 Å². The Kier molecular flexibility index (Phi) is 11.3. The molecule has 1 atom stereocenters. The molecule has 0 spiro atoms. The van der Waals surface area contributed by atoms with Crippen molar-refractivity contribution >= 4 is 6.08 Å². The molecule has 1 unspecified atom stereocenters. The van der Waals surface area contributed by atoms with Crippen LogP contribution in [0.1, 0.15) is 57.9 Å². The first-order valence-electron chi connectivity index (χ1n) is 12.9. The molecule has 1 heterocycles. The van der Waals surface area contributed by atoms with Crippen molar-refractivity contribution in [3.05, 3.63) is 91.2 Å². The molecule has 0 saturated heterocycles. The predicted octanol–water partition coefficient (Wildman–Crippen LogP) is 8.76. The molecule has 0 amide bonds. The van der Waals surface area contributed by atoms with E-state index >= 15 is 0 Å². The molecule has 3 rings (SSSR count). The number of benzene rings is 2. The van der Waals surface area contributed by atoms with Gasteiger partial charge < -0.3 is 9.47 Å². The first-order valence-corrected chi connectivity index (χ1v) is 12.9. The largest absolute Gasteiger partial charge is 0.490 e. The lowest BCUT2D eigenvalue weighted by atomic mass is 10.0. The smallest absolute Gasteiger partial charge is 0.119 e. The summed E-state index contributed by atoms with van der Waals surface area (Å²) in [7, 11) is 0. The number of allylic oxidation sites excluding steroid dienone is 1. The van der Waals surface area contributed by atoms with E-state index in [1.165, 1.54) is 24.8 Å². The highest BCUT2D eigenvalue weighted by Gasteiger charge is 2.03. The molecule has 1 aromatic heterocycles. The summed E-state index contributed by atoms with van der Waals surface area (Å²) in [5, 5.41) is 0. The second kappa shape index (κ2) is 15.0. The maximum Gasteiger partial charge on any atom is 0.119 e. The number of nitrogens with zero attached hydrogens (tertiary/aromatic N) is 1. The lowest BCUT2D eigenvalue weighted by molar-refractivity contribution is 0.0566. The standard InChI is InChI=1S/C32H39NO2/c1-4-6-10-24-34-26(3)11-8-7-9-12-27-13-15-29(16-14-27)32-22-19-30(25-33-32)28-17-20-31(21-18-28)35-23-5-2/h5,9,12-22,25-26H,2,4,6-8,10-11,23-24H2,1,3H3. The number of ether oxygens (including phenoxy) is 2. The van der Waals surface area contributed by atoms with Crippen LogP contribution in [0.5, 0.6) is 5.75 Å². The molecular formula is C32H39NO2. The van der Waals surface area contributed by atoms with E-state index in [1.54, 1.807) is 6.08 Å². The zero-order valence-corrected chi connectivity index (χ0v) is 21.3. The number of aromatic nitrogens is 1. The fourth-order valence-corrected chi connectivity index (χ4v) is 3.86. The normalized spacial score (nSPS) is 12.1. The molecule has 3 heteroatoms. The fourth-order valence-electron chi connectivity index (χ4n) is 3.86. The van der Waals surface area contributed by atoms with Crippen LogP contribution in [0.2, 0.25) is 0 Å². The Hall–Kier alpha value is -3.17. The third-order valence-corrected chi connectivity index (χ3v) is 5.97. The molecule has 0 saturated carbocycles. The van der Waals surface area contributed by atoms with Crippen LogP contribution < -0.4 is 4.74 Å². The number of hydrogen-bond acceptors (Lipinski definition) is 3. The second-order valence-electron chi connectivity index (χ2n) is 8.90. The zero-order chi connectivity index (χ0) is 24.7. The Labute approximate surface area is 211 Å². The molecule has 0 aliphatic heterocycles. The van der Waals surface area contributed by atoms with Gasteiger partial charge in [-0.25, -0.2) is 0 Å². The molecule has 0 aliphatic rings. The topological polar surface area (TPSA) is 31.4 Å². The minimum Gasteiger partial charge on any atom is -0.490 e. The van der Waals surface area contributed by atoms with E-state index in [4.69, 9.17) is 9.47 Å². The Morgan fingerprint density at radius 2 is 1.63 bits per heavy atom. The van der Waals surface area contributed by atoms with Gasteiger partial charge in [0.25, 0.3) is 0 Å². The van der Waals surface area contributed by atoms with Crippen LogP contribution in [0.25, 0.3) is 28.5 Å². The molecule has 184 valence electrons. The molecule has 3 nitrogen and oxygen atoms in total. The van der Waals surface area contributed by atoms with Crippen LogP contribution in [0.4, 0.5) is 0 Å². The van der Waals surface area contributed by atoms with Gasteiger partial charge in [-0.05, 0) is 61.9 Å². The Balaban J connectivity index is 1.45. The monoisotopic (exact) mass is 469 g/mol. The SMILES string of the molecule is C=CCOc1ccc(-c2ccc(-c3ccc(C=CCCCC(C)OCCCCC)cc3)nc2)cc1. The summed E-state index contributed by atoms with van der Waals surface area (Å²) in [6, 6.07) is 20.8. The van der Waals surface area contributed by atoms with Crippen LogP contribution in [0.15, 0.2) is 85.6 Å². The van der Waals surface area contributed by atoms with Crippen LogP contribution in [-0.4, -0.2) is 24.3 Å². The molecule has 0 aliphatic carbocycles. The van der Waals surface area contributed by atoms with Crippen LogP contribution in [0, 0.1) is 0 Å². The first-order chi connectivity index (χ1) is 17.2. The minimum atomic E-state index is 0.356. The van der Waals surface area contributed by atoms with Gasteiger partial charge in [-0.2, -0.15) is 0 Å². The summed E-state index contributed by atoms with van der Waals surface area (Å²) in [5.41, 5.74) is 5.52. The summed E-state index contributed by atoms with van der Waals surface area (Å²) < 4.78 is 11.4. The Morgan fingerprint density at radius 1 is 0.886 bits per heavy atom. The van der Waals surface area contributed by atoms with Crippen molar-refractivity contribution in [3.63, 3.8) is 0 Å². The van der Waals surface area contributed by atoms with Gasteiger partial charge in [0.2, 0.25) is 0 Å². The summed E-state index contributed by atoms with van der Waals surface area (Å²) in [6.07, 6.45) is 15.5. The van der Waals surface area contributed by atoms with E-state index in [0.717, 1.165) is 54.0 Å². The van der Waals surface area contributed by atoms with Crippen molar-refractivity contribution < 1.29 is 9.47 Å². The van der Waals surface area contributed by atoms with Crippen molar-refractivity contribution in [1.82, 2.24) is 4.98 Å². The van der Waals surface area contributed by atoms with Crippen molar-refractivity contribution in [1.29, 1.82) is 0 Å². The maximum absolute atomic E-state index is 5.88. The fraction of sp³-hybridized carbons (Fsp3) is 0.344. The van der Waals surface area contributed by atoms with E-state index in [9.17, 15) is 0 Å². The number of rotatable bonds is 15. The molecule has 0 N–H and O–H groups in total. The van der Waals surface area contributed by atoms with E-state index in [-0.39, 0.29) is 0 Å². The zero-order valence-electron chi connectivity index (χ0n) is 21.3. The van der Waals surface area contributed by atoms with Gasteiger partial charge in [-0.3, -0.25) is 4.98 Å². The van der Waals surface area contributed by atoms with Gasteiger partial charge in [0.15, 0.2) is 0 Å². The maximum atomic E-state index is 5.88. The van der Waals surface area contributed by atoms with E-state index in [0.29, 0.717) is 12.7 Å². The lowest BCUT2D eigenvalue weighted by Crippen LogP contribution is -2.08. The number of unbranched alkanes of at least 4 members (excludes halogenated alkanes) is 3. The quantitative estimate of drug-likeness (QED) is 0.165. The van der Waals surface area contributed by atoms with Crippen LogP contribution >= 0.6 is 0 Å². The molecule has 3 aromatic rings. The number of pyridine rings is 1. The highest BCUT2D eigenvalue weighted by molar-refractivity contribution is 5.68. The highest BCUT2D eigenvalue weighted by atomic mass is 16.5. The van der Waals surface area contributed by atoms with Gasteiger partial charge in [-0.15, -0.1) is 0 Å². The van der Waals surface area contributed by atoms with Gasteiger partial charge in [0, 0.05) is 23.9 Å². The van der Waals surface area contributed by atoms with Gasteiger partial charge in [0.05, 0.1) is 11.8 Å². The first kappa shape index (κ1) is 26.4. The van der Waals surface area contributed by atoms with Gasteiger partial charge >= 0.3 is 0 Å². The summed E-state index contributed by atoms with van der Waals surface area (Å²) in [4.78, 5) is 4.69. The molecular weight excluding hydrogens is 430 g/mol. The Bertz CT molecular complexity index is 1020. The Morgan fingerprint density at radius 3 is 2.31 bits per heavy atom. The van der Waals surface area contributed by atoms with Crippen LogP contribution in [-0.2, 0) is 4.74 Å². The lowest BCUT2D eigenvalue weighted by Gasteiger charge is -2.12. The van der Waals surface area contributed by atoms with E-state index < -0.39 is 0 Å². The van der Waals surface area contributed by atoms with Gasteiger partial charge in [-0.1, -0.05) is 87.0 Å². The van der Waals surface area contributed by atoms with Gasteiger partial charge in [0.1, 0.15) is 12.4 Å². The third-order valence-electron chi connectivity index (χ3n) is 5.97. The molecule has 35 heavy (non-hydrogen) atoms. The highest BCUT2D eigenvalue weighted by Crippen LogP contribution is 2.25. The van der Waals surface area contributed by atoms with Crippen molar-refractivity contribution in [2.75, 3.05) is 13.2 Å². The van der Waals surface area contributed by atoms with Crippen molar-refractivity contribution in [2.45, 2.75) is 58.5 Å². The summed E-state index contributed by atoms with van der Waals surface area (Å²) >= 11 is 0. The molecule has 0 bridgehead atoms. The average Bonchev–Trinajstić information content (AvgIpc) is 2.90. The van der Waals surface area contributed by atoms with E-state index in [1.807, 2.05) is 18.3 Å². The summed E-state index contributed by atoms with van der Waals surface area (Å²) in [6.45, 7) is 9.49. The molecule has 0 fully saturated rings.